The van der Waals surface area contributed by atoms with Crippen molar-refractivity contribution in [2.75, 3.05) is 12.4 Å². The first-order valence-corrected chi connectivity index (χ1v) is 8.44. The van der Waals surface area contributed by atoms with Crippen LogP contribution in [0.3, 0.4) is 0 Å². The molecule has 0 saturated heterocycles. The zero-order chi connectivity index (χ0) is 21.1. The number of nitrogens with zero attached hydrogens (tertiary/aromatic N) is 1. The second-order valence-corrected chi connectivity index (χ2v) is 6.17. The number of carbonyl (C=O) groups excluding carboxylic acids is 1. The molecule has 10 heteroatoms. The molecule has 148 valence electrons. The Morgan fingerprint density at radius 2 is 1.93 bits per heavy atom. The minimum Gasteiger partial charge on any atom is -0.497 e. The normalized spacial score (nSPS) is 10.4. The van der Waals surface area contributed by atoms with E-state index in [0.29, 0.717) is 5.75 Å². The number of benzene rings is 2. The molecule has 0 radical (unpaired) electrons. The van der Waals surface area contributed by atoms with E-state index >= 15 is 0 Å². The lowest BCUT2D eigenvalue weighted by atomic mass is 10.1. The SMILES string of the molecule is COc1ccc(-c2ccc(C(=O)Nc3ccc(C(=O)O)c(Cl)c3)o2)c([N+](=O)[O-])c1. The third kappa shape index (κ3) is 4.19. The fourth-order valence-corrected chi connectivity index (χ4v) is 2.82. The molecule has 2 aromatic carbocycles. The molecule has 0 atom stereocenters. The van der Waals surface area contributed by atoms with Gasteiger partial charge >= 0.3 is 5.97 Å². The van der Waals surface area contributed by atoms with Gasteiger partial charge < -0.3 is 19.6 Å². The molecule has 0 aliphatic carbocycles. The van der Waals surface area contributed by atoms with E-state index < -0.39 is 16.8 Å². The van der Waals surface area contributed by atoms with E-state index in [9.17, 15) is 19.7 Å². The number of rotatable bonds is 6. The summed E-state index contributed by atoms with van der Waals surface area (Å²) in [5.74, 6) is -1.48. The van der Waals surface area contributed by atoms with Crippen molar-refractivity contribution in [2.45, 2.75) is 0 Å². The summed E-state index contributed by atoms with van der Waals surface area (Å²) >= 11 is 5.88. The van der Waals surface area contributed by atoms with E-state index in [0.717, 1.165) is 0 Å². The van der Waals surface area contributed by atoms with Gasteiger partial charge in [-0.1, -0.05) is 11.6 Å². The average Bonchev–Trinajstić information content (AvgIpc) is 3.17. The number of nitro groups is 1. The third-order valence-corrected chi connectivity index (χ3v) is 4.27. The van der Waals surface area contributed by atoms with Gasteiger partial charge in [0, 0.05) is 5.69 Å². The highest BCUT2D eigenvalue weighted by molar-refractivity contribution is 6.33. The molecule has 0 unspecified atom stereocenters. The molecule has 0 spiro atoms. The maximum absolute atomic E-state index is 12.4. The highest BCUT2D eigenvalue weighted by atomic mass is 35.5. The zero-order valence-corrected chi connectivity index (χ0v) is 15.6. The molecule has 0 fully saturated rings. The van der Waals surface area contributed by atoms with Crippen molar-refractivity contribution in [3.05, 3.63) is 75.0 Å². The van der Waals surface area contributed by atoms with Crippen LogP contribution in [0.15, 0.2) is 52.9 Å². The fourth-order valence-electron chi connectivity index (χ4n) is 2.56. The highest BCUT2D eigenvalue weighted by Crippen LogP contribution is 2.34. The topological polar surface area (TPSA) is 132 Å². The van der Waals surface area contributed by atoms with Crippen LogP contribution in [0, 0.1) is 10.1 Å². The predicted octanol–water partition coefficient (Wildman–Crippen LogP) is 4.47. The van der Waals surface area contributed by atoms with Gasteiger partial charge in [-0.25, -0.2) is 4.79 Å². The quantitative estimate of drug-likeness (QED) is 0.447. The van der Waals surface area contributed by atoms with Gasteiger partial charge in [0.15, 0.2) is 5.76 Å². The van der Waals surface area contributed by atoms with E-state index in [1.165, 1.54) is 55.6 Å². The number of nitro benzene ring substituents is 1. The number of furan rings is 1. The van der Waals surface area contributed by atoms with Gasteiger partial charge in [0.05, 0.1) is 34.2 Å². The van der Waals surface area contributed by atoms with Crippen LogP contribution in [0.5, 0.6) is 5.75 Å². The van der Waals surface area contributed by atoms with Gasteiger partial charge in [0.1, 0.15) is 11.5 Å². The lowest BCUT2D eigenvalue weighted by Crippen LogP contribution is -2.11. The molecule has 3 rings (SSSR count). The van der Waals surface area contributed by atoms with E-state index in [1.807, 2.05) is 0 Å². The van der Waals surface area contributed by atoms with Gasteiger partial charge in [-0.15, -0.1) is 0 Å². The summed E-state index contributed by atoms with van der Waals surface area (Å²) in [6.07, 6.45) is 0. The maximum atomic E-state index is 12.4. The molecule has 1 aromatic heterocycles. The lowest BCUT2D eigenvalue weighted by molar-refractivity contribution is -0.384. The second kappa shape index (κ2) is 8.03. The Morgan fingerprint density at radius 3 is 2.55 bits per heavy atom. The molecule has 29 heavy (non-hydrogen) atoms. The summed E-state index contributed by atoms with van der Waals surface area (Å²) in [5.41, 5.74) is 0.112. The van der Waals surface area contributed by atoms with Crippen molar-refractivity contribution in [1.82, 2.24) is 0 Å². The molecule has 0 aliphatic heterocycles. The second-order valence-electron chi connectivity index (χ2n) is 5.76. The first kappa shape index (κ1) is 19.9. The molecular formula is C19H13ClN2O7. The number of carboxylic acid groups (broad SMARTS) is 1. The third-order valence-electron chi connectivity index (χ3n) is 3.95. The van der Waals surface area contributed by atoms with Gasteiger partial charge in [-0.05, 0) is 42.5 Å². The van der Waals surface area contributed by atoms with Crippen LogP contribution in [0.25, 0.3) is 11.3 Å². The molecule has 9 nitrogen and oxygen atoms in total. The number of amides is 1. The van der Waals surface area contributed by atoms with Crippen molar-refractivity contribution in [1.29, 1.82) is 0 Å². The van der Waals surface area contributed by atoms with Crippen LogP contribution in [-0.4, -0.2) is 29.0 Å². The average molecular weight is 417 g/mol. The maximum Gasteiger partial charge on any atom is 0.337 e. The van der Waals surface area contributed by atoms with Gasteiger partial charge in [-0.2, -0.15) is 0 Å². The van der Waals surface area contributed by atoms with Crippen molar-refractivity contribution in [2.24, 2.45) is 0 Å². The molecule has 1 heterocycles. The van der Waals surface area contributed by atoms with Gasteiger partial charge in [0.25, 0.3) is 11.6 Å². The zero-order valence-electron chi connectivity index (χ0n) is 14.8. The summed E-state index contributed by atoms with van der Waals surface area (Å²) in [5, 5.41) is 22.8. The standard InChI is InChI=1S/C19H13ClN2O7/c1-28-11-3-5-13(15(9-11)22(26)27)16-6-7-17(29-16)18(23)21-10-2-4-12(19(24)25)14(20)8-10/h2-9H,1H3,(H,21,23)(H,24,25). The van der Waals surface area contributed by atoms with Crippen LogP contribution in [0.2, 0.25) is 5.02 Å². The Bertz CT molecular complexity index is 1120. The molecule has 2 N–H and O–H groups in total. The Morgan fingerprint density at radius 1 is 1.17 bits per heavy atom. The monoisotopic (exact) mass is 416 g/mol. The minimum atomic E-state index is -1.19. The Balaban J connectivity index is 1.85. The Kier molecular flexibility index (Phi) is 5.51. The first-order valence-electron chi connectivity index (χ1n) is 8.07. The van der Waals surface area contributed by atoms with Crippen molar-refractivity contribution >= 4 is 34.9 Å². The number of anilines is 1. The van der Waals surface area contributed by atoms with Crippen molar-refractivity contribution < 1.29 is 28.8 Å². The number of methoxy groups -OCH3 is 1. The van der Waals surface area contributed by atoms with Crippen LogP contribution in [0.4, 0.5) is 11.4 Å². The lowest BCUT2D eigenvalue weighted by Gasteiger charge is -2.06. The molecule has 3 aromatic rings. The summed E-state index contributed by atoms with van der Waals surface area (Å²) < 4.78 is 10.5. The van der Waals surface area contributed by atoms with E-state index in [2.05, 4.69) is 5.32 Å². The molecule has 0 bridgehead atoms. The molecular weight excluding hydrogens is 404 g/mol. The Labute approximate surface area is 168 Å². The van der Waals surface area contributed by atoms with Crippen LogP contribution in [-0.2, 0) is 0 Å². The summed E-state index contributed by atoms with van der Waals surface area (Å²) in [6, 6.07) is 11.0. The predicted molar refractivity (Wildman–Crippen MR) is 104 cm³/mol. The number of aromatic carboxylic acids is 1. The summed E-state index contributed by atoms with van der Waals surface area (Å²) in [6.45, 7) is 0. The molecule has 0 saturated carbocycles. The summed E-state index contributed by atoms with van der Waals surface area (Å²) in [4.78, 5) is 34.1. The minimum absolute atomic E-state index is 0.0377. The number of ether oxygens (including phenoxy) is 1. The number of carboxylic acids is 1. The van der Waals surface area contributed by atoms with Crippen LogP contribution < -0.4 is 10.1 Å². The number of hydrogen-bond acceptors (Lipinski definition) is 6. The highest BCUT2D eigenvalue weighted by Gasteiger charge is 2.21. The molecule has 0 aliphatic rings. The van der Waals surface area contributed by atoms with Gasteiger partial charge in [0.2, 0.25) is 0 Å². The van der Waals surface area contributed by atoms with E-state index in [1.54, 1.807) is 0 Å². The fraction of sp³-hybridized carbons (Fsp3) is 0.0526. The smallest absolute Gasteiger partial charge is 0.337 e. The van der Waals surface area contributed by atoms with E-state index in [4.69, 9.17) is 25.9 Å². The van der Waals surface area contributed by atoms with Gasteiger partial charge in [-0.3, -0.25) is 14.9 Å². The number of nitrogens with one attached hydrogen (secondary N) is 1. The van der Waals surface area contributed by atoms with E-state index in [-0.39, 0.29) is 39.0 Å². The number of halogens is 1. The van der Waals surface area contributed by atoms with Crippen LogP contribution >= 0.6 is 11.6 Å². The number of hydrogen-bond donors (Lipinski definition) is 2. The van der Waals surface area contributed by atoms with Crippen molar-refractivity contribution in [3.63, 3.8) is 0 Å². The molecule has 1 amide bonds. The van der Waals surface area contributed by atoms with Crippen molar-refractivity contribution in [3.8, 4) is 17.1 Å². The first-order chi connectivity index (χ1) is 13.8. The number of carbonyl (C=O) groups is 2. The largest absolute Gasteiger partial charge is 0.497 e. The Hall–Kier alpha value is -3.85. The summed E-state index contributed by atoms with van der Waals surface area (Å²) in [7, 11) is 1.39. The van der Waals surface area contributed by atoms with Crippen LogP contribution in [0.1, 0.15) is 20.9 Å².